The van der Waals surface area contributed by atoms with Crippen LogP contribution >= 0.6 is 0 Å². The van der Waals surface area contributed by atoms with Crippen molar-refractivity contribution in [2.24, 2.45) is 0 Å². The molecule has 1 amide bonds. The normalized spacial score (nSPS) is 12.0. The molecule has 208 valence electrons. The number of aromatic nitrogens is 1. The number of carbonyl (C=O) groups is 2. The number of nitrogens with zero attached hydrogens (tertiary/aromatic N) is 1. The van der Waals surface area contributed by atoms with Gasteiger partial charge in [0.05, 0.1) is 17.2 Å². The highest BCUT2D eigenvalue weighted by Gasteiger charge is 2.30. The fourth-order valence-electron chi connectivity index (χ4n) is 4.30. The second kappa shape index (κ2) is 12.2. The highest BCUT2D eigenvalue weighted by atomic mass is 32.2. The van der Waals surface area contributed by atoms with E-state index in [1.54, 1.807) is 48.7 Å². The second-order valence-electron chi connectivity index (χ2n) is 9.07. The Morgan fingerprint density at radius 3 is 2.20 bits per heavy atom. The third-order valence-electron chi connectivity index (χ3n) is 6.26. The molecule has 0 spiro atoms. The monoisotopic (exact) mass is 564 g/mol. The molecule has 40 heavy (non-hydrogen) atoms. The third-order valence-corrected chi connectivity index (χ3v) is 7.39. The van der Waals surface area contributed by atoms with Crippen LogP contribution in [0.4, 0.5) is 9.18 Å². The smallest absolute Gasteiger partial charge is 0.408 e. The largest absolute Gasteiger partial charge is 0.464 e. The Bertz CT molecular complexity index is 1600. The Labute approximate surface area is 232 Å². The van der Waals surface area contributed by atoms with Gasteiger partial charge in [0, 0.05) is 23.2 Å². The van der Waals surface area contributed by atoms with E-state index in [2.05, 4.69) is 5.32 Å². The SMILES string of the molecule is CCOC(=O)C(NC(=O)OCc1ccccc1)c1cc(-c2ccc(S(C)(=O)=O)cc2)n(-c2ccc(F)cc2)c1C. The topological polar surface area (TPSA) is 104 Å². The molecule has 1 atom stereocenters. The molecule has 10 heteroatoms. The van der Waals surface area contributed by atoms with Crippen LogP contribution in [0.2, 0.25) is 0 Å². The fourth-order valence-corrected chi connectivity index (χ4v) is 4.93. The zero-order valence-electron chi connectivity index (χ0n) is 22.3. The van der Waals surface area contributed by atoms with Gasteiger partial charge in [0.25, 0.3) is 0 Å². The minimum Gasteiger partial charge on any atom is -0.464 e. The van der Waals surface area contributed by atoms with Crippen LogP contribution in [0.1, 0.15) is 29.8 Å². The van der Waals surface area contributed by atoms with Crippen LogP contribution in [-0.2, 0) is 30.7 Å². The predicted octanol–water partition coefficient (Wildman–Crippen LogP) is 5.53. The summed E-state index contributed by atoms with van der Waals surface area (Å²) < 4.78 is 50.2. The van der Waals surface area contributed by atoms with E-state index in [-0.39, 0.29) is 18.1 Å². The van der Waals surface area contributed by atoms with Crippen LogP contribution in [0.3, 0.4) is 0 Å². The molecule has 0 bridgehead atoms. The summed E-state index contributed by atoms with van der Waals surface area (Å²) in [4.78, 5) is 26.0. The maximum atomic E-state index is 13.8. The highest BCUT2D eigenvalue weighted by Crippen LogP contribution is 2.33. The van der Waals surface area contributed by atoms with Gasteiger partial charge in [-0.1, -0.05) is 42.5 Å². The van der Waals surface area contributed by atoms with Gasteiger partial charge >= 0.3 is 12.1 Å². The van der Waals surface area contributed by atoms with Crippen molar-refractivity contribution in [2.75, 3.05) is 12.9 Å². The lowest BCUT2D eigenvalue weighted by atomic mass is 10.1. The van der Waals surface area contributed by atoms with Gasteiger partial charge in [-0.05, 0) is 67.4 Å². The summed E-state index contributed by atoms with van der Waals surface area (Å²) in [6, 6.07) is 21.7. The standard InChI is InChI=1S/C30H29FN2O6S/c1-4-38-29(34)28(32-30(35)39-19-21-8-6-5-7-9-21)26-18-27(22-10-16-25(17-11-22)40(3,36)37)33(20(26)2)24-14-12-23(31)13-15-24/h5-18,28H,4,19H2,1-3H3,(H,32,35). The van der Waals surface area contributed by atoms with Crippen molar-refractivity contribution in [1.29, 1.82) is 0 Å². The molecule has 4 rings (SSSR count). The van der Waals surface area contributed by atoms with E-state index >= 15 is 0 Å². The van der Waals surface area contributed by atoms with E-state index in [1.807, 2.05) is 30.3 Å². The molecule has 4 aromatic rings. The first-order chi connectivity index (χ1) is 19.1. The van der Waals surface area contributed by atoms with E-state index < -0.39 is 33.8 Å². The first kappa shape index (κ1) is 28.6. The van der Waals surface area contributed by atoms with Gasteiger partial charge in [-0.3, -0.25) is 0 Å². The Kier molecular flexibility index (Phi) is 8.69. The molecule has 0 saturated heterocycles. The lowest BCUT2D eigenvalue weighted by Crippen LogP contribution is -2.35. The molecule has 0 aliphatic heterocycles. The minimum atomic E-state index is -3.41. The Morgan fingerprint density at radius 2 is 1.60 bits per heavy atom. The maximum Gasteiger partial charge on any atom is 0.408 e. The van der Waals surface area contributed by atoms with Gasteiger partial charge in [0.2, 0.25) is 0 Å². The number of sulfone groups is 1. The molecular formula is C30H29FN2O6S. The molecule has 3 aromatic carbocycles. The number of benzene rings is 3. The zero-order valence-corrected chi connectivity index (χ0v) is 23.1. The number of alkyl carbamates (subject to hydrolysis) is 1. The summed E-state index contributed by atoms with van der Waals surface area (Å²) in [7, 11) is -3.41. The van der Waals surface area contributed by atoms with Crippen LogP contribution in [0.5, 0.6) is 0 Å². The third kappa shape index (κ3) is 6.58. The van der Waals surface area contributed by atoms with Crippen LogP contribution < -0.4 is 5.32 Å². The summed E-state index contributed by atoms with van der Waals surface area (Å²) in [5, 5.41) is 2.62. The van der Waals surface area contributed by atoms with Gasteiger partial charge in [-0.25, -0.2) is 22.4 Å². The van der Waals surface area contributed by atoms with Crippen molar-refractivity contribution < 1.29 is 31.9 Å². The number of amides is 1. The number of hydrogen-bond donors (Lipinski definition) is 1. The van der Waals surface area contributed by atoms with Crippen LogP contribution in [0, 0.1) is 12.7 Å². The predicted molar refractivity (Wildman–Crippen MR) is 148 cm³/mol. The summed E-state index contributed by atoms with van der Waals surface area (Å²) >= 11 is 0. The number of halogens is 1. The molecule has 0 saturated carbocycles. The molecule has 1 unspecified atom stereocenters. The number of ether oxygens (including phenoxy) is 2. The first-order valence-electron chi connectivity index (χ1n) is 12.5. The van der Waals surface area contributed by atoms with Crippen LogP contribution in [-0.4, -0.2) is 37.9 Å². The number of rotatable bonds is 9. The Balaban J connectivity index is 1.77. The Hall–Kier alpha value is -4.44. The number of esters is 1. The van der Waals surface area contributed by atoms with Gasteiger partial charge in [-0.2, -0.15) is 0 Å². The number of nitrogens with one attached hydrogen (secondary N) is 1. The second-order valence-corrected chi connectivity index (χ2v) is 11.1. The van der Waals surface area contributed by atoms with E-state index in [0.717, 1.165) is 11.8 Å². The molecule has 0 aliphatic carbocycles. The molecule has 0 radical (unpaired) electrons. The number of carbonyl (C=O) groups excluding carboxylic acids is 2. The minimum absolute atomic E-state index is 0.00965. The van der Waals surface area contributed by atoms with Crippen LogP contribution in [0.15, 0.2) is 89.8 Å². The van der Waals surface area contributed by atoms with Crippen molar-refractivity contribution in [1.82, 2.24) is 9.88 Å². The molecule has 1 heterocycles. The van der Waals surface area contributed by atoms with Crippen molar-refractivity contribution in [2.45, 2.75) is 31.4 Å². The van der Waals surface area contributed by atoms with E-state index in [1.165, 1.54) is 24.3 Å². The average Bonchev–Trinajstić information content (AvgIpc) is 3.27. The van der Waals surface area contributed by atoms with Gasteiger partial charge in [-0.15, -0.1) is 0 Å². The van der Waals surface area contributed by atoms with E-state index in [9.17, 15) is 22.4 Å². The van der Waals surface area contributed by atoms with Crippen molar-refractivity contribution in [3.05, 3.63) is 108 Å². The molecule has 8 nitrogen and oxygen atoms in total. The van der Waals surface area contributed by atoms with Crippen molar-refractivity contribution in [3.63, 3.8) is 0 Å². The average molecular weight is 565 g/mol. The van der Waals surface area contributed by atoms with Crippen LogP contribution in [0.25, 0.3) is 16.9 Å². The maximum absolute atomic E-state index is 13.8. The summed E-state index contributed by atoms with van der Waals surface area (Å²) in [6.07, 6.45) is 0.313. The summed E-state index contributed by atoms with van der Waals surface area (Å²) in [6.45, 7) is 3.52. The molecule has 0 aliphatic rings. The molecule has 1 N–H and O–H groups in total. The summed E-state index contributed by atoms with van der Waals surface area (Å²) in [5.74, 6) is -1.10. The molecule has 1 aromatic heterocycles. The van der Waals surface area contributed by atoms with Gasteiger partial charge in [0.15, 0.2) is 15.9 Å². The van der Waals surface area contributed by atoms with Crippen molar-refractivity contribution in [3.8, 4) is 16.9 Å². The van der Waals surface area contributed by atoms with Gasteiger partial charge < -0.3 is 19.4 Å². The van der Waals surface area contributed by atoms with E-state index in [0.29, 0.717) is 28.2 Å². The molecule has 0 fully saturated rings. The Morgan fingerprint density at radius 1 is 0.950 bits per heavy atom. The highest BCUT2D eigenvalue weighted by molar-refractivity contribution is 7.90. The van der Waals surface area contributed by atoms with Gasteiger partial charge in [0.1, 0.15) is 12.4 Å². The zero-order chi connectivity index (χ0) is 28.9. The first-order valence-corrected chi connectivity index (χ1v) is 14.4. The van der Waals surface area contributed by atoms with E-state index in [4.69, 9.17) is 9.47 Å². The summed E-state index contributed by atoms with van der Waals surface area (Å²) in [5.41, 5.74) is 3.62. The number of hydrogen-bond acceptors (Lipinski definition) is 6. The lowest BCUT2D eigenvalue weighted by Gasteiger charge is -2.18. The lowest BCUT2D eigenvalue weighted by molar-refractivity contribution is -0.145. The molecular weight excluding hydrogens is 535 g/mol. The fraction of sp³-hybridized carbons (Fsp3) is 0.200. The van der Waals surface area contributed by atoms with Crippen molar-refractivity contribution >= 4 is 21.9 Å². The quantitative estimate of drug-likeness (QED) is 0.268.